The van der Waals surface area contributed by atoms with E-state index in [2.05, 4.69) is 31.0 Å². The number of benzene rings is 2. The van der Waals surface area contributed by atoms with E-state index in [-0.39, 0.29) is 6.10 Å². The summed E-state index contributed by atoms with van der Waals surface area (Å²) in [7, 11) is 0. The number of para-hydroxylation sites is 2. The Kier molecular flexibility index (Phi) is 4.47. The van der Waals surface area contributed by atoms with E-state index >= 15 is 0 Å². The van der Waals surface area contributed by atoms with Gasteiger partial charge >= 0.3 is 0 Å². The average Bonchev–Trinajstić information content (AvgIpc) is 3.11. The first kappa shape index (κ1) is 17.6. The van der Waals surface area contributed by atoms with Crippen LogP contribution in [0.25, 0.3) is 11.0 Å². The molecule has 28 heavy (non-hydrogen) atoms. The lowest BCUT2D eigenvalue weighted by atomic mass is 9.96. The Bertz CT molecular complexity index is 950. The number of aromatic amines is 1. The van der Waals surface area contributed by atoms with Gasteiger partial charge in [0, 0.05) is 18.8 Å². The van der Waals surface area contributed by atoms with E-state index in [4.69, 9.17) is 14.5 Å². The minimum atomic E-state index is 0.138. The van der Waals surface area contributed by atoms with Gasteiger partial charge in [0.1, 0.15) is 19.0 Å². The van der Waals surface area contributed by atoms with Gasteiger partial charge in [0.25, 0.3) is 0 Å². The van der Waals surface area contributed by atoms with Gasteiger partial charge < -0.3 is 19.4 Å². The summed E-state index contributed by atoms with van der Waals surface area (Å²) >= 11 is 0. The Morgan fingerprint density at radius 1 is 1.07 bits per heavy atom. The van der Waals surface area contributed by atoms with Crippen molar-refractivity contribution in [3.63, 3.8) is 0 Å². The summed E-state index contributed by atoms with van der Waals surface area (Å²) in [4.78, 5) is 10.1. The van der Waals surface area contributed by atoms with Crippen molar-refractivity contribution in [2.45, 2.75) is 38.7 Å². The molecule has 146 valence electrons. The number of hydrogen-bond donors (Lipinski definition) is 2. The molecule has 0 aliphatic carbocycles. The zero-order valence-electron chi connectivity index (χ0n) is 16.6. The van der Waals surface area contributed by atoms with Crippen molar-refractivity contribution in [2.75, 3.05) is 26.2 Å². The van der Waals surface area contributed by atoms with Crippen LogP contribution in [0.1, 0.15) is 35.7 Å². The lowest BCUT2D eigenvalue weighted by Crippen LogP contribution is -3.14. The number of H-pyrrole nitrogens is 1. The maximum atomic E-state index is 6.14. The fraction of sp³-hybridized carbons (Fsp3) is 0.435. The summed E-state index contributed by atoms with van der Waals surface area (Å²) in [6.45, 7) is 8.27. The van der Waals surface area contributed by atoms with Crippen LogP contribution in [0.4, 0.5) is 0 Å². The molecule has 5 nitrogen and oxygen atoms in total. The number of likely N-dealkylation sites (tertiary alicyclic amines) is 1. The summed E-state index contributed by atoms with van der Waals surface area (Å²) < 4.78 is 12.0. The number of rotatable bonds is 3. The molecule has 2 aliphatic heterocycles. The standard InChI is InChI=1S/C23H27N3O2/c1-15-11-19-20(12-16(15)2)25-23(24-19)17-7-9-26(10-8-17)13-18-14-27-21-5-3-4-6-22(21)28-18/h3-6,11-12,17-18H,7-10,13-14H2,1-2H3,(H,24,25)/p+1/t18-/m1/s1. The lowest BCUT2D eigenvalue weighted by Gasteiger charge is -2.32. The molecule has 0 amide bonds. The molecule has 3 aromatic rings. The Balaban J connectivity index is 1.20. The molecular formula is C23H28N3O2+. The number of nitrogens with one attached hydrogen (secondary N) is 2. The van der Waals surface area contributed by atoms with Gasteiger partial charge in [-0.3, -0.25) is 0 Å². The van der Waals surface area contributed by atoms with Crippen LogP contribution < -0.4 is 14.4 Å². The van der Waals surface area contributed by atoms with Crippen molar-refractivity contribution < 1.29 is 14.4 Å². The molecule has 0 radical (unpaired) electrons. The van der Waals surface area contributed by atoms with Crippen molar-refractivity contribution >= 4 is 11.0 Å². The zero-order chi connectivity index (χ0) is 19.1. The highest BCUT2D eigenvalue weighted by Gasteiger charge is 2.30. The minimum Gasteiger partial charge on any atom is -0.486 e. The molecule has 1 saturated heterocycles. The lowest BCUT2D eigenvalue weighted by molar-refractivity contribution is -0.908. The number of ether oxygens (including phenoxy) is 2. The fourth-order valence-corrected chi connectivity index (χ4v) is 4.47. The Morgan fingerprint density at radius 3 is 2.64 bits per heavy atom. The van der Waals surface area contributed by atoms with Crippen molar-refractivity contribution in [1.29, 1.82) is 0 Å². The molecule has 2 aromatic carbocycles. The van der Waals surface area contributed by atoms with Crippen LogP contribution in [-0.2, 0) is 0 Å². The fourth-order valence-electron chi connectivity index (χ4n) is 4.47. The third-order valence-corrected chi connectivity index (χ3v) is 6.28. The summed E-state index contributed by atoms with van der Waals surface area (Å²) in [6, 6.07) is 12.4. The van der Waals surface area contributed by atoms with E-state index in [1.54, 1.807) is 4.90 Å². The molecule has 1 atom stereocenters. The second-order valence-corrected chi connectivity index (χ2v) is 8.30. The Labute approximate surface area is 165 Å². The van der Waals surface area contributed by atoms with Crippen molar-refractivity contribution in [2.24, 2.45) is 0 Å². The van der Waals surface area contributed by atoms with E-state index in [0.29, 0.717) is 12.5 Å². The number of imidazole rings is 1. The van der Waals surface area contributed by atoms with E-state index in [1.807, 2.05) is 24.3 Å². The molecule has 0 saturated carbocycles. The molecule has 3 heterocycles. The number of hydrogen-bond acceptors (Lipinski definition) is 3. The monoisotopic (exact) mass is 378 g/mol. The minimum absolute atomic E-state index is 0.138. The van der Waals surface area contributed by atoms with Crippen LogP contribution in [0, 0.1) is 13.8 Å². The Hall–Kier alpha value is -2.53. The van der Waals surface area contributed by atoms with Gasteiger partial charge in [-0.25, -0.2) is 4.98 Å². The molecule has 0 bridgehead atoms. The molecule has 2 N–H and O–H groups in total. The van der Waals surface area contributed by atoms with Crippen LogP contribution in [-0.4, -0.2) is 42.3 Å². The highest BCUT2D eigenvalue weighted by atomic mass is 16.6. The Morgan fingerprint density at radius 2 is 1.82 bits per heavy atom. The van der Waals surface area contributed by atoms with Crippen LogP contribution in [0.5, 0.6) is 11.5 Å². The topological polar surface area (TPSA) is 51.6 Å². The van der Waals surface area contributed by atoms with Gasteiger partial charge in [0.05, 0.1) is 24.1 Å². The smallest absolute Gasteiger partial charge is 0.181 e. The number of quaternary nitrogens is 1. The van der Waals surface area contributed by atoms with Crippen LogP contribution >= 0.6 is 0 Å². The van der Waals surface area contributed by atoms with Crippen molar-refractivity contribution in [3.05, 3.63) is 53.3 Å². The van der Waals surface area contributed by atoms with E-state index in [1.165, 1.54) is 16.6 Å². The van der Waals surface area contributed by atoms with E-state index < -0.39 is 0 Å². The maximum Gasteiger partial charge on any atom is 0.181 e. The van der Waals surface area contributed by atoms with Gasteiger partial charge in [-0.15, -0.1) is 0 Å². The maximum absolute atomic E-state index is 6.14. The van der Waals surface area contributed by atoms with Crippen LogP contribution in [0.15, 0.2) is 36.4 Å². The third kappa shape index (κ3) is 3.35. The van der Waals surface area contributed by atoms with Crippen molar-refractivity contribution in [3.8, 4) is 11.5 Å². The molecular weight excluding hydrogens is 350 g/mol. The predicted molar refractivity (Wildman–Crippen MR) is 109 cm³/mol. The first-order valence-corrected chi connectivity index (χ1v) is 10.3. The third-order valence-electron chi connectivity index (χ3n) is 6.28. The zero-order valence-corrected chi connectivity index (χ0v) is 16.6. The summed E-state index contributed by atoms with van der Waals surface area (Å²) in [5, 5.41) is 0. The molecule has 1 aromatic heterocycles. The average molecular weight is 378 g/mol. The summed E-state index contributed by atoms with van der Waals surface area (Å²) in [5.41, 5.74) is 4.89. The van der Waals surface area contributed by atoms with Gasteiger partial charge in [0.15, 0.2) is 17.6 Å². The molecule has 2 aliphatic rings. The molecule has 5 heteroatoms. The number of aromatic nitrogens is 2. The quantitative estimate of drug-likeness (QED) is 0.737. The second-order valence-electron chi connectivity index (χ2n) is 8.30. The van der Waals surface area contributed by atoms with Gasteiger partial charge in [-0.1, -0.05) is 12.1 Å². The van der Waals surface area contributed by atoms with E-state index in [0.717, 1.165) is 55.3 Å². The first-order chi connectivity index (χ1) is 13.7. The van der Waals surface area contributed by atoms with Gasteiger partial charge in [-0.05, 0) is 49.2 Å². The normalized spacial score (nSPS) is 24.4. The predicted octanol–water partition coefficient (Wildman–Crippen LogP) is 2.78. The summed E-state index contributed by atoms with van der Waals surface area (Å²) in [6.07, 6.45) is 2.47. The highest BCUT2D eigenvalue weighted by molar-refractivity contribution is 5.77. The molecule has 0 unspecified atom stereocenters. The number of piperidine rings is 1. The first-order valence-electron chi connectivity index (χ1n) is 10.3. The van der Waals surface area contributed by atoms with Gasteiger partial charge in [0.2, 0.25) is 0 Å². The molecule has 1 fully saturated rings. The van der Waals surface area contributed by atoms with E-state index in [9.17, 15) is 0 Å². The van der Waals surface area contributed by atoms with Gasteiger partial charge in [-0.2, -0.15) is 0 Å². The van der Waals surface area contributed by atoms with Crippen LogP contribution in [0.3, 0.4) is 0 Å². The molecule has 0 spiro atoms. The highest BCUT2D eigenvalue weighted by Crippen LogP contribution is 2.30. The number of aryl methyl sites for hydroxylation is 2. The number of nitrogens with zero attached hydrogens (tertiary/aromatic N) is 1. The number of fused-ring (bicyclic) bond motifs is 2. The summed E-state index contributed by atoms with van der Waals surface area (Å²) in [5.74, 6) is 3.43. The van der Waals surface area contributed by atoms with Crippen molar-refractivity contribution in [1.82, 2.24) is 9.97 Å². The molecule has 5 rings (SSSR count). The second kappa shape index (κ2) is 7.13. The largest absolute Gasteiger partial charge is 0.486 e. The SMILES string of the molecule is Cc1cc2nc(C3CC[NH+](C[C@@H]4COc5ccccc5O4)CC3)[nH]c2cc1C. The van der Waals surface area contributed by atoms with Crippen LogP contribution in [0.2, 0.25) is 0 Å².